The van der Waals surface area contributed by atoms with E-state index in [1.807, 2.05) is 42.5 Å². The molecule has 1 aromatic heterocycles. The molecule has 0 atom stereocenters. The Bertz CT molecular complexity index is 873. The summed E-state index contributed by atoms with van der Waals surface area (Å²) >= 11 is 5.61. The molecule has 120 valence electrons. The molecule has 3 aromatic rings. The molecule has 24 heavy (non-hydrogen) atoms. The second kappa shape index (κ2) is 7.06. The second-order valence-electron chi connectivity index (χ2n) is 4.83. The number of hydrogen-bond donors (Lipinski definition) is 2. The molecule has 0 aliphatic rings. The fourth-order valence-electron chi connectivity index (χ4n) is 2.17. The molecule has 0 spiro atoms. The largest absolute Gasteiger partial charge is 0.279 e. The summed E-state index contributed by atoms with van der Waals surface area (Å²) in [5.74, 6) is -1.36. The molecule has 2 N–H and O–H groups in total. The molecular formula is C17H12ClFN4O. The Morgan fingerprint density at radius 1 is 1.04 bits per heavy atom. The van der Waals surface area contributed by atoms with Crippen LogP contribution in [0.15, 0.2) is 60.8 Å². The summed E-state index contributed by atoms with van der Waals surface area (Å²) in [6.45, 7) is 0. The lowest BCUT2D eigenvalue weighted by atomic mass is 9.99. The number of hydrogen-bond acceptors (Lipinski definition) is 4. The van der Waals surface area contributed by atoms with Crippen LogP contribution in [-0.2, 0) is 0 Å². The molecule has 0 unspecified atom stereocenters. The third-order valence-corrected chi connectivity index (χ3v) is 3.45. The van der Waals surface area contributed by atoms with Crippen molar-refractivity contribution in [1.29, 1.82) is 0 Å². The summed E-state index contributed by atoms with van der Waals surface area (Å²) in [7, 11) is 0. The minimum Gasteiger partial charge on any atom is -0.279 e. The number of anilines is 1. The average Bonchev–Trinajstić information content (AvgIpc) is 2.63. The monoisotopic (exact) mass is 342 g/mol. The fraction of sp³-hybridized carbons (Fsp3) is 0. The van der Waals surface area contributed by atoms with Gasteiger partial charge in [0.2, 0.25) is 5.28 Å². The van der Waals surface area contributed by atoms with Gasteiger partial charge in [-0.2, -0.15) is 4.98 Å². The molecule has 1 amide bonds. The van der Waals surface area contributed by atoms with Gasteiger partial charge in [0.1, 0.15) is 0 Å². The first-order chi connectivity index (χ1) is 11.6. The minimum atomic E-state index is -0.726. The number of carbonyl (C=O) groups excluding carboxylic acids is 1. The first-order valence-corrected chi connectivity index (χ1v) is 7.42. The van der Waals surface area contributed by atoms with Gasteiger partial charge in [-0.3, -0.25) is 15.6 Å². The van der Waals surface area contributed by atoms with Gasteiger partial charge in [-0.15, -0.1) is 0 Å². The molecule has 0 bridgehead atoms. The Morgan fingerprint density at radius 2 is 1.75 bits per heavy atom. The van der Waals surface area contributed by atoms with Crippen LogP contribution in [0.1, 0.15) is 10.4 Å². The van der Waals surface area contributed by atoms with E-state index in [-0.39, 0.29) is 11.1 Å². The number of aromatic nitrogens is 2. The highest BCUT2D eigenvalue weighted by molar-refractivity contribution is 6.28. The highest BCUT2D eigenvalue weighted by atomic mass is 35.5. The molecule has 5 nitrogen and oxygen atoms in total. The average molecular weight is 343 g/mol. The first-order valence-electron chi connectivity index (χ1n) is 7.04. The lowest BCUT2D eigenvalue weighted by molar-refractivity contribution is 0.0963. The van der Waals surface area contributed by atoms with Crippen molar-refractivity contribution in [3.63, 3.8) is 0 Å². The molecule has 0 aliphatic carbocycles. The van der Waals surface area contributed by atoms with Gasteiger partial charge in [-0.05, 0) is 28.8 Å². The maximum Gasteiger partial charge on any atom is 0.270 e. The van der Waals surface area contributed by atoms with Crippen LogP contribution >= 0.6 is 11.6 Å². The Hall–Kier alpha value is -2.99. The highest BCUT2D eigenvalue weighted by Gasteiger charge is 2.13. The molecule has 7 heteroatoms. The Labute approximate surface area is 142 Å². The van der Waals surface area contributed by atoms with Crippen molar-refractivity contribution in [1.82, 2.24) is 15.4 Å². The molecule has 0 saturated carbocycles. The number of nitrogens with zero attached hydrogens (tertiary/aromatic N) is 2. The topological polar surface area (TPSA) is 66.9 Å². The van der Waals surface area contributed by atoms with Gasteiger partial charge in [-0.1, -0.05) is 48.5 Å². The SMILES string of the molecule is O=C(NNc1nc(Cl)ncc1F)c1ccccc1-c1ccccc1. The van der Waals surface area contributed by atoms with E-state index in [9.17, 15) is 9.18 Å². The van der Waals surface area contributed by atoms with Crippen LogP contribution < -0.4 is 10.9 Å². The van der Waals surface area contributed by atoms with Gasteiger partial charge in [0.25, 0.3) is 5.91 Å². The van der Waals surface area contributed by atoms with Gasteiger partial charge in [0.15, 0.2) is 11.6 Å². The predicted octanol–water partition coefficient (Wildman–Crippen LogP) is 3.69. The van der Waals surface area contributed by atoms with E-state index in [1.165, 1.54) is 0 Å². The van der Waals surface area contributed by atoms with E-state index in [0.717, 1.165) is 17.3 Å². The van der Waals surface area contributed by atoms with Crippen molar-refractivity contribution in [3.05, 3.63) is 77.5 Å². The number of benzene rings is 2. The van der Waals surface area contributed by atoms with Gasteiger partial charge in [-0.25, -0.2) is 9.37 Å². The van der Waals surface area contributed by atoms with Crippen molar-refractivity contribution in [3.8, 4) is 11.1 Å². The van der Waals surface area contributed by atoms with Crippen LogP contribution in [0, 0.1) is 5.82 Å². The standard InChI is InChI=1S/C17H12ClFN4O/c18-17-20-10-14(19)15(21-17)22-23-16(24)13-9-5-4-8-12(13)11-6-2-1-3-7-11/h1-10H,(H,23,24)(H,20,21,22). The normalized spacial score (nSPS) is 10.2. The maximum absolute atomic E-state index is 13.6. The summed E-state index contributed by atoms with van der Waals surface area (Å²) in [4.78, 5) is 19.6. The first kappa shape index (κ1) is 15.9. The summed E-state index contributed by atoms with van der Waals surface area (Å²) in [5.41, 5.74) is 6.94. The van der Waals surface area contributed by atoms with E-state index in [2.05, 4.69) is 20.8 Å². The summed E-state index contributed by atoms with van der Waals surface area (Å²) in [6.07, 6.45) is 0.918. The Kier molecular flexibility index (Phi) is 4.67. The Morgan fingerprint density at radius 3 is 2.54 bits per heavy atom. The highest BCUT2D eigenvalue weighted by Crippen LogP contribution is 2.23. The number of amides is 1. The number of rotatable bonds is 4. The van der Waals surface area contributed by atoms with Gasteiger partial charge in [0, 0.05) is 5.56 Å². The van der Waals surface area contributed by atoms with Crippen LogP contribution in [0.5, 0.6) is 0 Å². The molecule has 0 fully saturated rings. The van der Waals surface area contributed by atoms with Crippen molar-refractivity contribution in [2.45, 2.75) is 0 Å². The van der Waals surface area contributed by atoms with Crippen molar-refractivity contribution in [2.75, 3.05) is 5.43 Å². The maximum atomic E-state index is 13.6. The van der Waals surface area contributed by atoms with Crippen LogP contribution in [-0.4, -0.2) is 15.9 Å². The zero-order valence-electron chi connectivity index (χ0n) is 12.3. The molecular weight excluding hydrogens is 331 g/mol. The fourth-order valence-corrected chi connectivity index (χ4v) is 2.30. The molecule has 0 saturated heterocycles. The van der Waals surface area contributed by atoms with E-state index >= 15 is 0 Å². The molecule has 1 heterocycles. The number of carbonyl (C=O) groups is 1. The lowest BCUT2D eigenvalue weighted by Gasteiger charge is -2.12. The van der Waals surface area contributed by atoms with Crippen molar-refractivity contribution >= 4 is 23.3 Å². The molecule has 0 radical (unpaired) electrons. The van der Waals surface area contributed by atoms with Gasteiger partial charge >= 0.3 is 0 Å². The minimum absolute atomic E-state index is 0.127. The van der Waals surface area contributed by atoms with Crippen LogP contribution in [0.25, 0.3) is 11.1 Å². The van der Waals surface area contributed by atoms with E-state index < -0.39 is 11.7 Å². The van der Waals surface area contributed by atoms with Crippen LogP contribution in [0.4, 0.5) is 10.2 Å². The number of nitrogens with one attached hydrogen (secondary N) is 2. The third kappa shape index (κ3) is 3.49. The molecule has 2 aromatic carbocycles. The van der Waals surface area contributed by atoms with Crippen LogP contribution in [0.3, 0.4) is 0 Å². The molecule has 0 aliphatic heterocycles. The lowest BCUT2D eigenvalue weighted by Crippen LogP contribution is -2.30. The second-order valence-corrected chi connectivity index (χ2v) is 5.16. The van der Waals surface area contributed by atoms with E-state index in [0.29, 0.717) is 5.56 Å². The smallest absolute Gasteiger partial charge is 0.270 e. The number of hydrazine groups is 1. The summed E-state index contributed by atoms with van der Waals surface area (Å²) in [5, 5.41) is -0.127. The quantitative estimate of drug-likeness (QED) is 0.560. The van der Waals surface area contributed by atoms with Gasteiger partial charge < -0.3 is 0 Å². The van der Waals surface area contributed by atoms with Gasteiger partial charge in [0.05, 0.1) is 6.20 Å². The van der Waals surface area contributed by atoms with E-state index in [4.69, 9.17) is 11.6 Å². The zero-order valence-corrected chi connectivity index (χ0v) is 13.1. The summed E-state index contributed by atoms with van der Waals surface area (Å²) < 4.78 is 13.6. The summed E-state index contributed by atoms with van der Waals surface area (Å²) in [6, 6.07) is 16.6. The van der Waals surface area contributed by atoms with Crippen LogP contribution in [0.2, 0.25) is 5.28 Å². The predicted molar refractivity (Wildman–Crippen MR) is 90.0 cm³/mol. The van der Waals surface area contributed by atoms with Crippen molar-refractivity contribution in [2.24, 2.45) is 0 Å². The zero-order chi connectivity index (χ0) is 16.9. The third-order valence-electron chi connectivity index (χ3n) is 3.27. The Balaban J connectivity index is 1.82. The number of halogens is 2. The van der Waals surface area contributed by atoms with E-state index in [1.54, 1.807) is 12.1 Å². The molecule has 3 rings (SSSR count). The van der Waals surface area contributed by atoms with Crippen molar-refractivity contribution < 1.29 is 9.18 Å².